The summed E-state index contributed by atoms with van der Waals surface area (Å²) in [4.78, 5) is 26.3. The third-order valence-electron chi connectivity index (χ3n) is 4.30. The molecule has 0 saturated carbocycles. The fourth-order valence-electron chi connectivity index (χ4n) is 2.64. The maximum atomic E-state index is 12.4. The molecule has 0 spiro atoms. The number of urea groups is 1. The molecular formula is C18H23N5OS. The van der Waals surface area contributed by atoms with Crippen LogP contribution in [0.4, 0.5) is 4.79 Å². The fraction of sp³-hybridized carbons (Fsp3) is 0.389. The first-order valence-electron chi connectivity index (χ1n) is 8.23. The number of H-pyrrole nitrogens is 1. The van der Waals surface area contributed by atoms with Crippen molar-refractivity contribution in [3.05, 3.63) is 45.2 Å². The summed E-state index contributed by atoms with van der Waals surface area (Å²) in [7, 11) is 1.76. The van der Waals surface area contributed by atoms with Crippen LogP contribution in [0.15, 0.2) is 17.5 Å². The first-order chi connectivity index (χ1) is 11.8. The first-order valence-corrected chi connectivity index (χ1v) is 9.11. The van der Waals surface area contributed by atoms with E-state index in [-0.39, 0.29) is 12.1 Å². The van der Waals surface area contributed by atoms with Gasteiger partial charge in [-0.15, -0.1) is 11.3 Å². The molecule has 2 N–H and O–H groups in total. The minimum atomic E-state index is -0.147. The van der Waals surface area contributed by atoms with Crippen molar-refractivity contribution in [2.45, 2.75) is 40.3 Å². The zero-order valence-electron chi connectivity index (χ0n) is 15.2. The number of aryl methyl sites for hydroxylation is 3. The minimum absolute atomic E-state index is 0.124. The topological polar surface area (TPSA) is 73.9 Å². The van der Waals surface area contributed by atoms with Crippen molar-refractivity contribution in [1.82, 2.24) is 25.2 Å². The molecule has 0 bridgehead atoms. The summed E-state index contributed by atoms with van der Waals surface area (Å²) in [6.45, 7) is 8.47. The first kappa shape index (κ1) is 17.4. The molecule has 0 radical (unpaired) electrons. The number of nitrogens with zero attached hydrogens (tertiary/aromatic N) is 3. The van der Waals surface area contributed by atoms with Gasteiger partial charge < -0.3 is 15.2 Å². The molecule has 2 heterocycles. The van der Waals surface area contributed by atoms with E-state index in [9.17, 15) is 4.79 Å². The summed E-state index contributed by atoms with van der Waals surface area (Å²) in [6, 6.07) is 3.89. The Morgan fingerprint density at radius 2 is 2.00 bits per heavy atom. The van der Waals surface area contributed by atoms with Gasteiger partial charge in [-0.3, -0.25) is 0 Å². The number of nitrogens with one attached hydrogen (secondary N) is 2. The number of carbonyl (C=O) groups is 1. The lowest BCUT2D eigenvalue weighted by Gasteiger charge is -2.19. The summed E-state index contributed by atoms with van der Waals surface area (Å²) in [5, 5.41) is 5.94. The molecule has 0 saturated heterocycles. The van der Waals surface area contributed by atoms with Crippen molar-refractivity contribution in [3.63, 3.8) is 0 Å². The van der Waals surface area contributed by atoms with Gasteiger partial charge in [0, 0.05) is 12.4 Å². The zero-order valence-corrected chi connectivity index (χ0v) is 16.0. The molecule has 3 aromatic rings. The normalized spacial score (nSPS) is 12.4. The van der Waals surface area contributed by atoms with Gasteiger partial charge in [-0.05, 0) is 51.0 Å². The van der Waals surface area contributed by atoms with Crippen molar-refractivity contribution < 1.29 is 4.79 Å². The highest BCUT2D eigenvalue weighted by molar-refractivity contribution is 7.09. The molecule has 0 aliphatic rings. The molecule has 7 heteroatoms. The second kappa shape index (κ2) is 6.84. The number of carbonyl (C=O) groups excluding carboxylic acids is 1. The highest BCUT2D eigenvalue weighted by Gasteiger charge is 2.16. The van der Waals surface area contributed by atoms with E-state index >= 15 is 0 Å². The van der Waals surface area contributed by atoms with Crippen LogP contribution < -0.4 is 5.32 Å². The Morgan fingerprint density at radius 1 is 1.28 bits per heavy atom. The van der Waals surface area contributed by atoms with Gasteiger partial charge in [0.25, 0.3) is 0 Å². The average Bonchev–Trinajstić information content (AvgIpc) is 3.13. The van der Waals surface area contributed by atoms with Gasteiger partial charge in [-0.1, -0.05) is 0 Å². The van der Waals surface area contributed by atoms with Crippen molar-refractivity contribution in [1.29, 1.82) is 0 Å². The Bertz CT molecular complexity index is 874. The summed E-state index contributed by atoms with van der Waals surface area (Å²) < 4.78 is 0. The highest BCUT2D eigenvalue weighted by atomic mass is 32.1. The lowest BCUT2D eigenvalue weighted by Crippen LogP contribution is -2.38. The van der Waals surface area contributed by atoms with Gasteiger partial charge in [0.15, 0.2) is 0 Å². The molecule has 0 aliphatic heterocycles. The van der Waals surface area contributed by atoms with E-state index in [2.05, 4.69) is 46.2 Å². The fourth-order valence-corrected chi connectivity index (χ4v) is 3.35. The van der Waals surface area contributed by atoms with E-state index in [1.807, 2.05) is 19.2 Å². The van der Waals surface area contributed by atoms with E-state index in [1.54, 1.807) is 23.3 Å². The Kier molecular flexibility index (Phi) is 4.76. The minimum Gasteiger partial charge on any atom is -0.340 e. The predicted molar refractivity (Wildman–Crippen MR) is 101 cm³/mol. The van der Waals surface area contributed by atoms with Crippen LogP contribution in [-0.4, -0.2) is 32.9 Å². The number of imidazole rings is 1. The maximum Gasteiger partial charge on any atom is 0.318 e. The number of hydrogen-bond acceptors (Lipinski definition) is 4. The maximum absolute atomic E-state index is 12.4. The largest absolute Gasteiger partial charge is 0.340 e. The predicted octanol–water partition coefficient (Wildman–Crippen LogP) is 3.85. The van der Waals surface area contributed by atoms with Crippen LogP contribution in [0.5, 0.6) is 0 Å². The molecule has 1 unspecified atom stereocenters. The van der Waals surface area contributed by atoms with Gasteiger partial charge in [-0.25, -0.2) is 14.8 Å². The Hall–Kier alpha value is -2.41. The number of fused-ring (bicyclic) bond motifs is 1. The van der Waals surface area contributed by atoms with Crippen molar-refractivity contribution >= 4 is 28.4 Å². The molecule has 2 aromatic heterocycles. The number of aromatic amines is 1. The third-order valence-corrected chi connectivity index (χ3v) is 5.09. The average molecular weight is 357 g/mol. The Balaban J connectivity index is 1.66. The quantitative estimate of drug-likeness (QED) is 0.745. The molecule has 1 aromatic carbocycles. The zero-order chi connectivity index (χ0) is 18.1. The van der Waals surface area contributed by atoms with Crippen LogP contribution >= 0.6 is 11.3 Å². The molecule has 1 atom stereocenters. The Morgan fingerprint density at radius 3 is 2.68 bits per heavy atom. The molecule has 6 nitrogen and oxygen atoms in total. The van der Waals surface area contributed by atoms with Gasteiger partial charge in [-0.2, -0.15) is 0 Å². The van der Waals surface area contributed by atoms with E-state index in [0.29, 0.717) is 6.54 Å². The van der Waals surface area contributed by atoms with Crippen molar-refractivity contribution in [2.24, 2.45) is 0 Å². The van der Waals surface area contributed by atoms with Gasteiger partial charge in [0.1, 0.15) is 5.82 Å². The molecule has 0 fully saturated rings. The number of aromatic nitrogens is 3. The SMILES string of the molecule is Cc1nc(C(C)NC(=O)N(C)Cc2nc3cc(C)c(C)cc3[nH]2)cs1. The van der Waals surface area contributed by atoms with Crippen molar-refractivity contribution in [2.75, 3.05) is 7.05 Å². The lowest BCUT2D eigenvalue weighted by molar-refractivity contribution is 0.202. The summed E-state index contributed by atoms with van der Waals surface area (Å²) in [5.41, 5.74) is 5.25. The number of rotatable bonds is 4. The number of thiazole rings is 1. The summed E-state index contributed by atoms with van der Waals surface area (Å²) in [6.07, 6.45) is 0. The molecule has 132 valence electrons. The molecule has 3 rings (SSSR count). The number of amides is 2. The standard InChI is InChI=1S/C18H23N5OS/c1-10-6-14-15(7-11(10)2)22-17(21-14)8-23(5)18(24)19-12(3)16-9-25-13(4)20-16/h6-7,9,12H,8H2,1-5H3,(H,19,24)(H,21,22). The van der Waals surface area contributed by atoms with E-state index in [4.69, 9.17) is 0 Å². The molecule has 25 heavy (non-hydrogen) atoms. The Labute approximate surface area is 151 Å². The van der Waals surface area contributed by atoms with Crippen LogP contribution in [-0.2, 0) is 6.54 Å². The van der Waals surface area contributed by atoms with Crippen LogP contribution in [0.25, 0.3) is 11.0 Å². The molecule has 0 aliphatic carbocycles. The monoisotopic (exact) mass is 357 g/mol. The highest BCUT2D eigenvalue weighted by Crippen LogP contribution is 2.18. The molecular weight excluding hydrogens is 334 g/mol. The number of benzene rings is 1. The van der Waals surface area contributed by atoms with Gasteiger partial charge >= 0.3 is 6.03 Å². The van der Waals surface area contributed by atoms with Gasteiger partial charge in [0.05, 0.1) is 34.3 Å². The van der Waals surface area contributed by atoms with Gasteiger partial charge in [0.2, 0.25) is 0 Å². The second-order valence-corrected chi connectivity index (χ2v) is 7.52. The smallest absolute Gasteiger partial charge is 0.318 e. The van der Waals surface area contributed by atoms with Crippen LogP contribution in [0.1, 0.15) is 40.6 Å². The van der Waals surface area contributed by atoms with Crippen LogP contribution in [0.2, 0.25) is 0 Å². The molecule has 2 amide bonds. The lowest BCUT2D eigenvalue weighted by atomic mass is 10.1. The van der Waals surface area contributed by atoms with Crippen LogP contribution in [0, 0.1) is 20.8 Å². The number of hydrogen-bond donors (Lipinski definition) is 2. The summed E-state index contributed by atoms with van der Waals surface area (Å²) >= 11 is 1.58. The van der Waals surface area contributed by atoms with E-state index in [1.165, 1.54) is 11.1 Å². The third kappa shape index (κ3) is 3.82. The van der Waals surface area contributed by atoms with Crippen molar-refractivity contribution in [3.8, 4) is 0 Å². The second-order valence-electron chi connectivity index (χ2n) is 6.46. The summed E-state index contributed by atoms with van der Waals surface area (Å²) in [5.74, 6) is 0.773. The van der Waals surface area contributed by atoms with E-state index in [0.717, 1.165) is 27.6 Å². The van der Waals surface area contributed by atoms with Crippen LogP contribution in [0.3, 0.4) is 0 Å². The van der Waals surface area contributed by atoms with E-state index < -0.39 is 0 Å².